The van der Waals surface area contributed by atoms with Crippen molar-refractivity contribution in [3.63, 3.8) is 0 Å². The maximum Gasteiger partial charge on any atom is 0.0192 e. The van der Waals surface area contributed by atoms with Gasteiger partial charge >= 0.3 is 0 Å². The Kier molecular flexibility index (Phi) is 2.36. The molecule has 1 aromatic heterocycles. The lowest BCUT2D eigenvalue weighted by Crippen LogP contribution is -1.91. The molecule has 2 nitrogen and oxygen atoms in total. The van der Waals surface area contributed by atoms with Crippen LogP contribution in [0.4, 0.5) is 0 Å². The Hall–Kier alpha value is -1.18. The second-order valence-electron chi connectivity index (χ2n) is 2.63. The van der Waals surface area contributed by atoms with E-state index in [2.05, 4.69) is 30.2 Å². The van der Waals surface area contributed by atoms with Gasteiger partial charge in [-0.2, -0.15) is 0 Å². The molecule has 0 unspecified atom stereocenters. The highest BCUT2D eigenvalue weighted by Gasteiger charge is 1.98. The van der Waals surface area contributed by atoms with E-state index in [-0.39, 0.29) is 0 Å². The fourth-order valence-electron chi connectivity index (χ4n) is 1.09. The van der Waals surface area contributed by atoms with Crippen molar-refractivity contribution in [2.24, 2.45) is 0 Å². The van der Waals surface area contributed by atoms with Gasteiger partial charge in [0.1, 0.15) is 0 Å². The van der Waals surface area contributed by atoms with Crippen molar-refractivity contribution in [3.8, 4) is 0 Å². The van der Waals surface area contributed by atoms with Gasteiger partial charge in [-0.3, -0.25) is 0 Å². The Morgan fingerprint density at radius 3 is 2.64 bits per heavy atom. The summed E-state index contributed by atoms with van der Waals surface area (Å²) in [4.78, 5) is 3.17. The van der Waals surface area contributed by atoms with E-state index in [0.29, 0.717) is 0 Å². The molecule has 0 aliphatic rings. The fourth-order valence-corrected chi connectivity index (χ4v) is 1.09. The van der Waals surface area contributed by atoms with Crippen LogP contribution in [-0.4, -0.2) is 12.0 Å². The Balaban J connectivity index is 2.92. The van der Waals surface area contributed by atoms with Crippen LogP contribution >= 0.6 is 0 Å². The lowest BCUT2D eigenvalue weighted by Gasteiger charge is -1.92. The van der Waals surface area contributed by atoms with Gasteiger partial charge in [-0.15, -0.1) is 0 Å². The van der Waals surface area contributed by atoms with Crippen LogP contribution in [0.2, 0.25) is 0 Å². The van der Waals surface area contributed by atoms with Crippen LogP contribution in [0.25, 0.3) is 6.08 Å². The maximum absolute atomic E-state index is 3.17. The molecule has 0 fully saturated rings. The molecule has 0 radical (unpaired) electrons. The molecule has 11 heavy (non-hydrogen) atoms. The van der Waals surface area contributed by atoms with Crippen molar-refractivity contribution in [1.29, 1.82) is 0 Å². The smallest absolute Gasteiger partial charge is 0.0192 e. The van der Waals surface area contributed by atoms with Gasteiger partial charge in [0.2, 0.25) is 0 Å². The first-order valence-corrected chi connectivity index (χ1v) is 3.74. The molecule has 0 amide bonds. The lowest BCUT2D eigenvalue weighted by atomic mass is 10.2. The third-order valence-electron chi connectivity index (χ3n) is 1.75. The number of rotatable bonds is 2. The highest BCUT2D eigenvalue weighted by Crippen LogP contribution is 2.12. The van der Waals surface area contributed by atoms with Gasteiger partial charge in [-0.25, -0.2) is 0 Å². The van der Waals surface area contributed by atoms with E-state index >= 15 is 0 Å². The van der Waals surface area contributed by atoms with Crippen LogP contribution in [0.5, 0.6) is 0 Å². The molecule has 0 atom stereocenters. The average Bonchev–Trinajstić information content (AvgIpc) is 2.29. The van der Waals surface area contributed by atoms with Crippen molar-refractivity contribution in [1.82, 2.24) is 10.3 Å². The first-order valence-electron chi connectivity index (χ1n) is 3.74. The van der Waals surface area contributed by atoms with Crippen molar-refractivity contribution in [2.75, 3.05) is 7.05 Å². The van der Waals surface area contributed by atoms with E-state index in [1.165, 1.54) is 16.8 Å². The normalized spacial score (nSPS) is 10.8. The first kappa shape index (κ1) is 7.92. The van der Waals surface area contributed by atoms with E-state index in [9.17, 15) is 0 Å². The molecule has 2 N–H and O–H groups in total. The molecule has 60 valence electrons. The van der Waals surface area contributed by atoms with E-state index < -0.39 is 0 Å². The van der Waals surface area contributed by atoms with E-state index in [4.69, 9.17) is 0 Å². The van der Waals surface area contributed by atoms with Crippen molar-refractivity contribution < 1.29 is 0 Å². The molecule has 1 rings (SSSR count). The van der Waals surface area contributed by atoms with Crippen molar-refractivity contribution >= 4 is 6.08 Å². The predicted molar refractivity (Wildman–Crippen MR) is 48.4 cm³/mol. The summed E-state index contributed by atoms with van der Waals surface area (Å²) in [6.07, 6.45) is 6.02. The zero-order valence-electron chi connectivity index (χ0n) is 7.23. The van der Waals surface area contributed by atoms with Crippen LogP contribution in [0.3, 0.4) is 0 Å². The van der Waals surface area contributed by atoms with Crippen LogP contribution in [0.15, 0.2) is 12.4 Å². The topological polar surface area (TPSA) is 27.8 Å². The van der Waals surface area contributed by atoms with Gasteiger partial charge in [-0.05, 0) is 37.3 Å². The molecular weight excluding hydrogens is 136 g/mol. The van der Waals surface area contributed by atoms with Gasteiger partial charge in [0, 0.05) is 18.9 Å². The SMILES string of the molecule is CN/C=C\c1c(C)c[nH]c1C. The largest absolute Gasteiger partial charge is 0.394 e. The number of aromatic amines is 1. The third kappa shape index (κ3) is 1.64. The predicted octanol–water partition coefficient (Wildman–Crippen LogP) is 1.82. The minimum Gasteiger partial charge on any atom is -0.394 e. The number of nitrogens with one attached hydrogen (secondary N) is 2. The van der Waals surface area contributed by atoms with E-state index in [1.807, 2.05) is 19.4 Å². The molecule has 0 saturated heterocycles. The monoisotopic (exact) mass is 150 g/mol. The molecule has 0 aromatic carbocycles. The Morgan fingerprint density at radius 1 is 1.45 bits per heavy atom. The Bertz CT molecular complexity index is 239. The summed E-state index contributed by atoms with van der Waals surface area (Å²) in [7, 11) is 1.90. The molecule has 0 aliphatic heterocycles. The zero-order valence-corrected chi connectivity index (χ0v) is 7.23. The summed E-state index contributed by atoms with van der Waals surface area (Å²) in [5, 5.41) is 2.97. The number of H-pyrrole nitrogens is 1. The quantitative estimate of drug-likeness (QED) is 0.661. The van der Waals surface area contributed by atoms with Crippen LogP contribution in [0.1, 0.15) is 16.8 Å². The summed E-state index contributed by atoms with van der Waals surface area (Å²) in [5.74, 6) is 0. The minimum atomic E-state index is 1.22. The number of hydrogen-bond donors (Lipinski definition) is 2. The van der Waals surface area contributed by atoms with E-state index in [0.717, 1.165) is 0 Å². The summed E-state index contributed by atoms with van der Waals surface area (Å²) in [6.45, 7) is 4.17. The molecule has 1 heterocycles. The second-order valence-corrected chi connectivity index (χ2v) is 2.63. The zero-order chi connectivity index (χ0) is 8.27. The van der Waals surface area contributed by atoms with Gasteiger partial charge in [0.25, 0.3) is 0 Å². The maximum atomic E-state index is 3.17. The van der Waals surface area contributed by atoms with Crippen LogP contribution in [0, 0.1) is 13.8 Å². The van der Waals surface area contributed by atoms with Gasteiger partial charge < -0.3 is 10.3 Å². The highest BCUT2D eigenvalue weighted by molar-refractivity contribution is 5.55. The second kappa shape index (κ2) is 3.28. The third-order valence-corrected chi connectivity index (χ3v) is 1.75. The molecular formula is C9H14N2. The minimum absolute atomic E-state index is 1.22. The number of hydrogen-bond acceptors (Lipinski definition) is 1. The Labute approximate surface area is 67.3 Å². The van der Waals surface area contributed by atoms with E-state index in [1.54, 1.807) is 0 Å². The van der Waals surface area contributed by atoms with Crippen molar-refractivity contribution in [3.05, 3.63) is 29.2 Å². The summed E-state index contributed by atoms with van der Waals surface area (Å²) in [5.41, 5.74) is 3.78. The molecule has 0 spiro atoms. The number of aromatic nitrogens is 1. The average molecular weight is 150 g/mol. The van der Waals surface area contributed by atoms with Crippen molar-refractivity contribution in [2.45, 2.75) is 13.8 Å². The molecule has 1 aromatic rings. The fraction of sp³-hybridized carbons (Fsp3) is 0.333. The van der Waals surface area contributed by atoms with Gasteiger partial charge in [0.15, 0.2) is 0 Å². The first-order chi connectivity index (χ1) is 5.25. The molecule has 2 heteroatoms. The summed E-state index contributed by atoms with van der Waals surface area (Å²) >= 11 is 0. The molecule has 0 aliphatic carbocycles. The molecule has 0 saturated carbocycles. The molecule has 0 bridgehead atoms. The standard InChI is InChI=1S/C9H14N2/c1-7-6-11-8(2)9(7)4-5-10-3/h4-6,10-11H,1-3H3/b5-4-. The highest BCUT2D eigenvalue weighted by atomic mass is 14.8. The summed E-state index contributed by atoms with van der Waals surface area (Å²) < 4.78 is 0. The van der Waals surface area contributed by atoms with Gasteiger partial charge in [-0.1, -0.05) is 0 Å². The lowest BCUT2D eigenvalue weighted by molar-refractivity contribution is 1.11. The van der Waals surface area contributed by atoms with Gasteiger partial charge in [0.05, 0.1) is 0 Å². The number of aryl methyl sites for hydroxylation is 2. The summed E-state index contributed by atoms with van der Waals surface area (Å²) in [6, 6.07) is 0. The van der Waals surface area contributed by atoms with Crippen LogP contribution < -0.4 is 5.32 Å². The Morgan fingerprint density at radius 2 is 2.18 bits per heavy atom. The van der Waals surface area contributed by atoms with Crippen LogP contribution in [-0.2, 0) is 0 Å².